The lowest BCUT2D eigenvalue weighted by molar-refractivity contribution is -0.155. The van der Waals surface area contributed by atoms with Crippen LogP contribution in [0, 0.1) is 5.92 Å². The molecule has 1 aliphatic rings. The lowest BCUT2D eigenvalue weighted by atomic mass is 10.00. The van der Waals surface area contributed by atoms with E-state index in [1.807, 2.05) is 17.5 Å². The molecular formula is C18H19N3O5S3. The average Bonchev–Trinajstić information content (AvgIpc) is 3.50. The molecule has 3 aromatic heterocycles. The maximum Gasteiger partial charge on any atom is 0.311 e. The Kier molecular flexibility index (Phi) is 5.81. The predicted molar refractivity (Wildman–Crippen MR) is 108 cm³/mol. The number of aromatic nitrogens is 2. The Balaban J connectivity index is 1.40. The van der Waals surface area contributed by atoms with E-state index < -0.39 is 28.0 Å². The van der Waals surface area contributed by atoms with Crippen molar-refractivity contribution in [2.75, 3.05) is 13.1 Å². The fraction of sp³-hybridized carbons (Fsp3) is 0.389. The van der Waals surface area contributed by atoms with Gasteiger partial charge in [0.25, 0.3) is 21.8 Å². The maximum atomic E-state index is 12.7. The molecule has 3 aromatic rings. The van der Waals surface area contributed by atoms with Gasteiger partial charge in [0.05, 0.1) is 10.8 Å². The lowest BCUT2D eigenvalue weighted by Gasteiger charge is -2.30. The maximum absolute atomic E-state index is 12.7. The van der Waals surface area contributed by atoms with Crippen LogP contribution in [-0.2, 0) is 19.6 Å². The fourth-order valence-electron chi connectivity index (χ4n) is 3.11. The van der Waals surface area contributed by atoms with Gasteiger partial charge in [0.1, 0.15) is 4.21 Å². The second-order valence-corrected chi connectivity index (χ2v) is 10.7. The summed E-state index contributed by atoms with van der Waals surface area (Å²) in [6, 6.07) is 7.02. The standard InChI is InChI=1S/C18H19N3O5S3/c1-12(16-19-20-17(26-16)14-6-3-9-27-14)25-18(22)13-5-2-8-21(11-13)29(23,24)15-7-4-10-28-15/h3-4,6-7,9-10,12-13H,2,5,8,11H2,1H3. The van der Waals surface area contributed by atoms with Crippen molar-refractivity contribution in [1.82, 2.24) is 14.5 Å². The summed E-state index contributed by atoms with van der Waals surface area (Å²) < 4.78 is 38.2. The number of carbonyl (C=O) groups is 1. The molecular weight excluding hydrogens is 434 g/mol. The molecule has 0 radical (unpaired) electrons. The quantitative estimate of drug-likeness (QED) is 0.526. The highest BCUT2D eigenvalue weighted by atomic mass is 32.2. The van der Waals surface area contributed by atoms with E-state index in [1.165, 1.54) is 27.0 Å². The first-order chi connectivity index (χ1) is 13.9. The Morgan fingerprint density at radius 2 is 2.07 bits per heavy atom. The Hall–Kier alpha value is -2.08. The molecule has 0 saturated carbocycles. The molecule has 11 heteroatoms. The summed E-state index contributed by atoms with van der Waals surface area (Å²) in [6.45, 7) is 2.16. The molecule has 1 aliphatic heterocycles. The largest absolute Gasteiger partial charge is 0.452 e. The molecule has 0 aromatic carbocycles. The molecule has 0 bridgehead atoms. The average molecular weight is 454 g/mol. The van der Waals surface area contributed by atoms with E-state index in [0.29, 0.717) is 25.3 Å². The summed E-state index contributed by atoms with van der Waals surface area (Å²) in [5.74, 6) is -0.399. The van der Waals surface area contributed by atoms with Crippen LogP contribution in [0.5, 0.6) is 0 Å². The van der Waals surface area contributed by atoms with Crippen LogP contribution in [0.4, 0.5) is 0 Å². The smallest absolute Gasteiger partial charge is 0.311 e. The van der Waals surface area contributed by atoms with Crippen LogP contribution in [0.2, 0.25) is 0 Å². The first kappa shape index (κ1) is 20.2. The number of ether oxygens (including phenoxy) is 1. The summed E-state index contributed by atoms with van der Waals surface area (Å²) in [5, 5.41) is 11.6. The molecule has 2 atom stereocenters. The van der Waals surface area contributed by atoms with Gasteiger partial charge in [-0.3, -0.25) is 4.79 Å². The molecule has 4 heterocycles. The fourth-order valence-corrected chi connectivity index (χ4v) is 6.42. The summed E-state index contributed by atoms with van der Waals surface area (Å²) >= 11 is 2.64. The molecule has 4 rings (SSSR count). The number of carbonyl (C=O) groups excluding carboxylic acids is 1. The molecule has 2 unspecified atom stereocenters. The zero-order valence-corrected chi connectivity index (χ0v) is 18.0. The van der Waals surface area contributed by atoms with Crippen molar-refractivity contribution in [2.45, 2.75) is 30.1 Å². The van der Waals surface area contributed by atoms with Gasteiger partial charge in [-0.05, 0) is 42.7 Å². The van der Waals surface area contributed by atoms with Crippen molar-refractivity contribution < 1.29 is 22.4 Å². The first-order valence-corrected chi connectivity index (χ1v) is 12.3. The highest BCUT2D eigenvalue weighted by Gasteiger charge is 2.35. The minimum absolute atomic E-state index is 0.107. The van der Waals surface area contributed by atoms with Gasteiger partial charge in [0.15, 0.2) is 6.10 Å². The van der Waals surface area contributed by atoms with Crippen molar-refractivity contribution in [1.29, 1.82) is 0 Å². The Morgan fingerprint density at radius 3 is 2.79 bits per heavy atom. The minimum atomic E-state index is -3.58. The van der Waals surface area contributed by atoms with Gasteiger partial charge in [-0.2, -0.15) is 4.31 Å². The van der Waals surface area contributed by atoms with Crippen LogP contribution < -0.4 is 0 Å². The highest BCUT2D eigenvalue weighted by Crippen LogP contribution is 2.29. The van der Waals surface area contributed by atoms with Gasteiger partial charge >= 0.3 is 5.97 Å². The van der Waals surface area contributed by atoms with Gasteiger partial charge in [0, 0.05) is 13.1 Å². The predicted octanol–water partition coefficient (Wildman–Crippen LogP) is 3.56. The van der Waals surface area contributed by atoms with Gasteiger partial charge in [-0.1, -0.05) is 12.1 Å². The molecule has 1 saturated heterocycles. The second kappa shape index (κ2) is 8.34. The van der Waals surface area contributed by atoms with Crippen molar-refractivity contribution in [3.8, 4) is 10.8 Å². The van der Waals surface area contributed by atoms with Crippen LogP contribution in [0.3, 0.4) is 0 Å². The summed E-state index contributed by atoms with van der Waals surface area (Å²) in [7, 11) is -3.58. The van der Waals surface area contributed by atoms with E-state index in [0.717, 1.165) is 4.88 Å². The number of sulfonamides is 1. The third-order valence-electron chi connectivity index (χ3n) is 4.62. The minimum Gasteiger partial charge on any atom is -0.452 e. The van der Waals surface area contributed by atoms with E-state index in [2.05, 4.69) is 10.2 Å². The van der Waals surface area contributed by atoms with E-state index >= 15 is 0 Å². The number of thiophene rings is 2. The topological polar surface area (TPSA) is 103 Å². The molecule has 0 aliphatic carbocycles. The van der Waals surface area contributed by atoms with Crippen LogP contribution in [0.15, 0.2) is 43.7 Å². The summed E-state index contributed by atoms with van der Waals surface area (Å²) in [6.07, 6.45) is 0.460. The third kappa shape index (κ3) is 4.27. The Labute approximate surface area is 176 Å². The third-order valence-corrected chi connectivity index (χ3v) is 8.72. The van der Waals surface area contributed by atoms with Gasteiger partial charge in [0.2, 0.25) is 0 Å². The molecule has 0 amide bonds. The van der Waals surface area contributed by atoms with Crippen molar-refractivity contribution in [3.05, 3.63) is 40.9 Å². The first-order valence-electron chi connectivity index (χ1n) is 9.06. The summed E-state index contributed by atoms with van der Waals surface area (Å²) in [4.78, 5) is 13.5. The molecule has 8 nitrogen and oxygen atoms in total. The van der Waals surface area contributed by atoms with E-state index in [-0.39, 0.29) is 16.6 Å². The van der Waals surface area contributed by atoms with Crippen molar-refractivity contribution in [3.63, 3.8) is 0 Å². The molecule has 29 heavy (non-hydrogen) atoms. The number of rotatable bonds is 6. The number of nitrogens with zero attached hydrogens (tertiary/aromatic N) is 3. The van der Waals surface area contributed by atoms with E-state index in [9.17, 15) is 13.2 Å². The molecule has 154 valence electrons. The van der Waals surface area contributed by atoms with Crippen LogP contribution in [0.25, 0.3) is 10.8 Å². The number of esters is 1. The second-order valence-electron chi connectivity index (χ2n) is 6.64. The Morgan fingerprint density at radius 1 is 1.28 bits per heavy atom. The Bertz CT molecular complexity index is 1060. The van der Waals surface area contributed by atoms with Crippen LogP contribution in [0.1, 0.15) is 31.8 Å². The molecule has 0 N–H and O–H groups in total. The molecule has 0 spiro atoms. The van der Waals surface area contributed by atoms with E-state index in [1.54, 1.807) is 24.4 Å². The van der Waals surface area contributed by atoms with E-state index in [4.69, 9.17) is 9.15 Å². The van der Waals surface area contributed by atoms with Crippen molar-refractivity contribution >= 4 is 38.7 Å². The van der Waals surface area contributed by atoms with Gasteiger partial charge in [-0.25, -0.2) is 8.42 Å². The number of hydrogen-bond donors (Lipinski definition) is 0. The monoisotopic (exact) mass is 453 g/mol. The number of hydrogen-bond acceptors (Lipinski definition) is 9. The zero-order chi connectivity index (χ0) is 20.4. The molecule has 1 fully saturated rings. The normalized spacial score (nSPS) is 19.1. The van der Waals surface area contributed by atoms with Gasteiger partial charge < -0.3 is 9.15 Å². The zero-order valence-electron chi connectivity index (χ0n) is 15.6. The summed E-state index contributed by atoms with van der Waals surface area (Å²) in [5.41, 5.74) is 0. The van der Waals surface area contributed by atoms with Crippen LogP contribution in [-0.4, -0.2) is 42.0 Å². The van der Waals surface area contributed by atoms with Crippen LogP contribution >= 0.6 is 22.7 Å². The lowest BCUT2D eigenvalue weighted by Crippen LogP contribution is -2.42. The number of piperidine rings is 1. The highest BCUT2D eigenvalue weighted by molar-refractivity contribution is 7.91. The van der Waals surface area contributed by atoms with Crippen molar-refractivity contribution in [2.24, 2.45) is 5.92 Å². The van der Waals surface area contributed by atoms with Gasteiger partial charge in [-0.15, -0.1) is 32.9 Å². The SMILES string of the molecule is CC(OC(=O)C1CCCN(S(=O)(=O)c2cccs2)C1)c1nnc(-c2cccs2)o1.